The maximum Gasteiger partial charge on any atom is 0.202 e. The van der Waals surface area contributed by atoms with Crippen LogP contribution in [0.5, 0.6) is 0 Å². The first-order valence-electron chi connectivity index (χ1n) is 8.01. The quantitative estimate of drug-likeness (QED) is 0.784. The molecule has 0 aliphatic carbocycles. The predicted molar refractivity (Wildman–Crippen MR) is 103 cm³/mol. The molecule has 0 amide bonds. The van der Waals surface area contributed by atoms with Gasteiger partial charge in [-0.15, -0.1) is 5.10 Å². The van der Waals surface area contributed by atoms with Crippen LogP contribution in [0, 0.1) is 13.8 Å². The average Bonchev–Trinajstić information content (AvgIpc) is 2.61. The summed E-state index contributed by atoms with van der Waals surface area (Å²) in [7, 11) is 3.64. The smallest absolute Gasteiger partial charge is 0.202 e. The molecule has 6 heteroatoms. The van der Waals surface area contributed by atoms with Crippen molar-refractivity contribution in [2.45, 2.75) is 13.8 Å². The highest BCUT2D eigenvalue weighted by Crippen LogP contribution is 2.15. The Morgan fingerprint density at radius 1 is 0.960 bits per heavy atom. The minimum absolute atomic E-state index is 0.712. The largest absolute Gasteiger partial charge is 0.336 e. The van der Waals surface area contributed by atoms with Crippen LogP contribution in [0.1, 0.15) is 11.1 Å². The Balaban J connectivity index is 2.11. The number of hydrogen-bond donors (Lipinski definition) is 1. The molecule has 0 unspecified atom stereocenters. The summed E-state index contributed by atoms with van der Waals surface area (Å²) in [5.41, 5.74) is 4.30. The van der Waals surface area contributed by atoms with E-state index < -0.39 is 0 Å². The van der Waals surface area contributed by atoms with Gasteiger partial charge < -0.3 is 5.32 Å². The van der Waals surface area contributed by atoms with Crippen molar-refractivity contribution in [1.29, 1.82) is 0 Å². The van der Waals surface area contributed by atoms with E-state index in [2.05, 4.69) is 53.5 Å². The molecule has 0 aliphatic heterocycles. The van der Waals surface area contributed by atoms with Gasteiger partial charge in [-0.3, -0.25) is 4.99 Å². The van der Waals surface area contributed by atoms with Gasteiger partial charge in [-0.25, -0.2) is 9.67 Å². The lowest BCUT2D eigenvalue weighted by molar-refractivity contribution is 0.711. The Kier molecular flexibility index (Phi) is 5.09. The average molecular weight is 351 g/mol. The molecule has 2 aromatic carbocycles. The number of benzene rings is 2. The third-order valence-corrected chi connectivity index (χ3v) is 4.79. The molecule has 0 atom stereocenters. The van der Waals surface area contributed by atoms with Gasteiger partial charge in [0.1, 0.15) is 0 Å². The van der Waals surface area contributed by atoms with E-state index in [1.165, 1.54) is 22.5 Å². The van der Waals surface area contributed by atoms with Crippen molar-refractivity contribution in [2.75, 3.05) is 12.4 Å². The third kappa shape index (κ3) is 4.22. The molecule has 0 spiro atoms. The molecule has 0 saturated heterocycles. The van der Waals surface area contributed by atoms with E-state index in [0.717, 1.165) is 20.8 Å². The van der Waals surface area contributed by atoms with Crippen molar-refractivity contribution in [2.24, 2.45) is 17.0 Å². The fourth-order valence-corrected chi connectivity index (χ4v) is 3.07. The number of anilines is 2. The minimum atomic E-state index is 0.712. The van der Waals surface area contributed by atoms with E-state index in [9.17, 15) is 0 Å². The molecule has 0 saturated carbocycles. The first-order valence-corrected chi connectivity index (χ1v) is 8.83. The number of hydrogen-bond acceptors (Lipinski definition) is 5. The number of rotatable bonds is 3. The summed E-state index contributed by atoms with van der Waals surface area (Å²) in [6.07, 6.45) is 0. The number of aryl methyl sites for hydroxylation is 3. The Morgan fingerprint density at radius 3 is 2.16 bits per heavy atom. The normalized spacial score (nSPS) is 12.5. The zero-order valence-electron chi connectivity index (χ0n) is 14.8. The van der Waals surface area contributed by atoms with Crippen molar-refractivity contribution in [3.8, 4) is 0 Å². The fourth-order valence-electron chi connectivity index (χ4n) is 2.29. The lowest BCUT2D eigenvalue weighted by Gasteiger charge is -2.08. The summed E-state index contributed by atoms with van der Waals surface area (Å²) in [4.78, 5) is 9.85. The van der Waals surface area contributed by atoms with Gasteiger partial charge >= 0.3 is 0 Å². The van der Waals surface area contributed by atoms with Gasteiger partial charge in [0, 0.05) is 19.8 Å². The SMILES string of the molecule is CN=c1sc(=Nc2ccc(C)cc2)c(Nc2ccc(C)cc2)nn1C. The molecule has 0 fully saturated rings. The second-order valence-electron chi connectivity index (χ2n) is 5.82. The molecule has 3 aromatic rings. The third-order valence-electron chi connectivity index (χ3n) is 3.69. The summed E-state index contributed by atoms with van der Waals surface area (Å²) in [5.74, 6) is 0.712. The van der Waals surface area contributed by atoms with Gasteiger partial charge in [0.25, 0.3) is 0 Å². The van der Waals surface area contributed by atoms with Gasteiger partial charge in [-0.2, -0.15) is 0 Å². The molecular formula is C19H21N5S. The van der Waals surface area contributed by atoms with E-state index >= 15 is 0 Å². The Hall–Kier alpha value is -2.73. The van der Waals surface area contributed by atoms with Crippen molar-refractivity contribution in [1.82, 2.24) is 9.78 Å². The van der Waals surface area contributed by atoms with Crippen molar-refractivity contribution < 1.29 is 0 Å². The number of nitrogens with one attached hydrogen (secondary N) is 1. The molecule has 0 aliphatic rings. The monoisotopic (exact) mass is 351 g/mol. The molecule has 1 heterocycles. The number of aromatic nitrogens is 2. The molecular weight excluding hydrogens is 330 g/mol. The molecule has 0 radical (unpaired) electrons. The summed E-state index contributed by atoms with van der Waals surface area (Å²) < 4.78 is 2.55. The molecule has 1 aromatic heterocycles. The summed E-state index contributed by atoms with van der Waals surface area (Å²) in [5, 5.41) is 7.97. The van der Waals surface area contributed by atoms with Crippen LogP contribution in [0.25, 0.3) is 0 Å². The molecule has 25 heavy (non-hydrogen) atoms. The first-order chi connectivity index (χ1) is 12.0. The zero-order valence-corrected chi connectivity index (χ0v) is 15.6. The lowest BCUT2D eigenvalue weighted by atomic mass is 10.2. The van der Waals surface area contributed by atoms with Crippen molar-refractivity contribution in [3.05, 3.63) is 69.1 Å². The topological polar surface area (TPSA) is 54.6 Å². The fraction of sp³-hybridized carbons (Fsp3) is 0.211. The number of nitrogens with zero attached hydrogens (tertiary/aromatic N) is 4. The van der Waals surface area contributed by atoms with Crippen LogP contribution in [-0.4, -0.2) is 16.8 Å². The Bertz CT molecular complexity index is 996. The van der Waals surface area contributed by atoms with E-state index in [-0.39, 0.29) is 0 Å². The van der Waals surface area contributed by atoms with E-state index in [1.807, 2.05) is 31.3 Å². The van der Waals surface area contributed by atoms with Crippen LogP contribution in [0.4, 0.5) is 17.2 Å². The molecule has 0 bridgehead atoms. The van der Waals surface area contributed by atoms with Gasteiger partial charge in [-0.1, -0.05) is 46.7 Å². The highest BCUT2D eigenvalue weighted by Gasteiger charge is 2.04. The van der Waals surface area contributed by atoms with Gasteiger partial charge in [0.05, 0.1) is 5.69 Å². The predicted octanol–water partition coefficient (Wildman–Crippen LogP) is 3.60. The molecule has 1 N–H and O–H groups in total. The van der Waals surface area contributed by atoms with E-state index in [1.54, 1.807) is 11.7 Å². The van der Waals surface area contributed by atoms with Gasteiger partial charge in [-0.05, 0) is 38.1 Å². The molecule has 128 valence electrons. The van der Waals surface area contributed by atoms with Crippen LogP contribution in [0.3, 0.4) is 0 Å². The van der Waals surface area contributed by atoms with Crippen molar-refractivity contribution in [3.63, 3.8) is 0 Å². The first kappa shape index (κ1) is 17.1. The standard InChI is InChI=1S/C19H21N5S/c1-13-5-9-15(10-6-13)21-17-18(25-19(20-3)24(4)23-17)22-16-11-7-14(2)8-12-16/h5-12H,1-4H3,(H,21,23). The van der Waals surface area contributed by atoms with Gasteiger partial charge in [0.15, 0.2) is 10.5 Å². The van der Waals surface area contributed by atoms with Crippen LogP contribution < -0.4 is 14.8 Å². The van der Waals surface area contributed by atoms with Gasteiger partial charge in [0.2, 0.25) is 4.80 Å². The highest BCUT2D eigenvalue weighted by molar-refractivity contribution is 7.06. The maximum absolute atomic E-state index is 4.77. The minimum Gasteiger partial charge on any atom is -0.336 e. The Labute approximate surface area is 151 Å². The van der Waals surface area contributed by atoms with Crippen molar-refractivity contribution >= 4 is 28.5 Å². The van der Waals surface area contributed by atoms with Crippen LogP contribution in [0.15, 0.2) is 58.5 Å². The van der Waals surface area contributed by atoms with E-state index in [4.69, 9.17) is 4.99 Å². The van der Waals surface area contributed by atoms with Crippen LogP contribution >= 0.6 is 11.3 Å². The molecule has 5 nitrogen and oxygen atoms in total. The van der Waals surface area contributed by atoms with Crippen LogP contribution in [-0.2, 0) is 7.05 Å². The second kappa shape index (κ2) is 7.44. The molecule has 3 rings (SSSR count). The Morgan fingerprint density at radius 2 is 1.56 bits per heavy atom. The van der Waals surface area contributed by atoms with Crippen LogP contribution in [0.2, 0.25) is 0 Å². The summed E-state index contributed by atoms with van der Waals surface area (Å²) in [6.45, 7) is 4.13. The maximum atomic E-state index is 4.77. The van der Waals surface area contributed by atoms with E-state index in [0.29, 0.717) is 5.82 Å². The lowest BCUT2D eigenvalue weighted by Crippen LogP contribution is -2.25. The highest BCUT2D eigenvalue weighted by atomic mass is 32.1. The summed E-state index contributed by atoms with van der Waals surface area (Å²) in [6, 6.07) is 16.3. The zero-order chi connectivity index (χ0) is 17.8. The second-order valence-corrected chi connectivity index (χ2v) is 6.78. The summed E-state index contributed by atoms with van der Waals surface area (Å²) >= 11 is 1.50.